The predicted molar refractivity (Wildman–Crippen MR) is 75.9 cm³/mol. The molecule has 0 spiro atoms. The summed E-state index contributed by atoms with van der Waals surface area (Å²) in [7, 11) is -5.91. The Balaban J connectivity index is 2.99. The van der Waals surface area contributed by atoms with Gasteiger partial charge >= 0.3 is 7.60 Å². The standard InChI is InChI=1S/C12H19O6PS/c1-4-17-19(13,18-5-2)10-20(14,15)12-8-6-11(16-3)7-9-12/h6-9H,4-5,10H2,1-3H3. The molecule has 0 saturated carbocycles. The van der Waals surface area contributed by atoms with Gasteiger partial charge in [0.2, 0.25) is 0 Å². The van der Waals surface area contributed by atoms with Gasteiger partial charge in [0.25, 0.3) is 0 Å². The molecule has 0 amide bonds. The molecule has 1 rings (SSSR count). The summed E-state index contributed by atoms with van der Waals surface area (Å²) in [6.07, 6.45) is 0. The van der Waals surface area contributed by atoms with Gasteiger partial charge in [-0.05, 0) is 38.1 Å². The van der Waals surface area contributed by atoms with Gasteiger partial charge in [-0.1, -0.05) is 0 Å². The Morgan fingerprint density at radius 1 is 1.05 bits per heavy atom. The molecule has 0 N–H and O–H groups in total. The van der Waals surface area contributed by atoms with Crippen molar-refractivity contribution in [3.8, 4) is 5.75 Å². The molecule has 20 heavy (non-hydrogen) atoms. The highest BCUT2D eigenvalue weighted by atomic mass is 32.2. The maximum atomic E-state index is 12.3. The maximum absolute atomic E-state index is 12.3. The molecular formula is C12H19O6PS. The number of hydrogen-bond donors (Lipinski definition) is 0. The molecule has 0 aliphatic heterocycles. The Morgan fingerprint density at radius 2 is 1.55 bits per heavy atom. The Bertz CT molecular complexity index is 556. The van der Waals surface area contributed by atoms with Crippen molar-refractivity contribution in [2.24, 2.45) is 0 Å². The Kier molecular flexibility index (Phi) is 6.20. The van der Waals surface area contributed by atoms with Crippen molar-refractivity contribution in [3.63, 3.8) is 0 Å². The van der Waals surface area contributed by atoms with Crippen LogP contribution in [-0.2, 0) is 23.4 Å². The predicted octanol–water partition coefficient (Wildman–Crippen LogP) is 2.69. The van der Waals surface area contributed by atoms with Gasteiger partial charge in [-0.25, -0.2) is 8.42 Å². The van der Waals surface area contributed by atoms with E-state index in [1.54, 1.807) is 13.8 Å². The number of hydrogen-bond acceptors (Lipinski definition) is 6. The number of ether oxygens (including phenoxy) is 1. The summed E-state index contributed by atoms with van der Waals surface area (Å²) in [4.78, 5) is 0.0536. The van der Waals surface area contributed by atoms with E-state index in [4.69, 9.17) is 13.8 Å². The van der Waals surface area contributed by atoms with Gasteiger partial charge in [-0.2, -0.15) is 0 Å². The average Bonchev–Trinajstić information content (AvgIpc) is 2.38. The van der Waals surface area contributed by atoms with Crippen LogP contribution >= 0.6 is 7.60 Å². The number of methoxy groups -OCH3 is 1. The van der Waals surface area contributed by atoms with Crippen LogP contribution < -0.4 is 4.74 Å². The van der Waals surface area contributed by atoms with Crippen LogP contribution in [0.3, 0.4) is 0 Å². The van der Waals surface area contributed by atoms with Crippen LogP contribution in [0.15, 0.2) is 29.2 Å². The normalized spacial score (nSPS) is 12.3. The highest BCUT2D eigenvalue weighted by Gasteiger charge is 2.32. The average molecular weight is 322 g/mol. The zero-order valence-corrected chi connectivity index (χ0v) is 13.4. The van der Waals surface area contributed by atoms with Crippen molar-refractivity contribution in [2.75, 3.05) is 25.8 Å². The van der Waals surface area contributed by atoms with Crippen LogP contribution in [0.4, 0.5) is 0 Å². The zero-order chi connectivity index (χ0) is 15.2. The van der Waals surface area contributed by atoms with Gasteiger partial charge < -0.3 is 13.8 Å². The molecular weight excluding hydrogens is 303 g/mol. The van der Waals surface area contributed by atoms with Crippen molar-refractivity contribution >= 4 is 17.4 Å². The van der Waals surface area contributed by atoms with E-state index in [0.29, 0.717) is 5.75 Å². The molecule has 8 heteroatoms. The second-order valence-corrected chi connectivity index (χ2v) is 8.34. The smallest absolute Gasteiger partial charge is 0.346 e. The first-order valence-corrected chi connectivity index (χ1v) is 9.50. The fraction of sp³-hybridized carbons (Fsp3) is 0.500. The van der Waals surface area contributed by atoms with Crippen molar-refractivity contribution in [1.29, 1.82) is 0 Å². The third-order valence-corrected chi connectivity index (χ3v) is 7.32. The lowest BCUT2D eigenvalue weighted by molar-refractivity contribution is 0.224. The van der Waals surface area contributed by atoms with E-state index in [1.807, 2.05) is 0 Å². The van der Waals surface area contributed by atoms with Crippen molar-refractivity contribution in [2.45, 2.75) is 18.7 Å². The van der Waals surface area contributed by atoms with E-state index >= 15 is 0 Å². The molecule has 1 aromatic rings. The van der Waals surface area contributed by atoms with Crippen LogP contribution in [0.25, 0.3) is 0 Å². The molecule has 0 saturated heterocycles. The molecule has 0 fully saturated rings. The summed E-state index contributed by atoms with van der Waals surface area (Å²) in [6, 6.07) is 5.85. The minimum atomic E-state index is -3.76. The van der Waals surface area contributed by atoms with Crippen LogP contribution in [-0.4, -0.2) is 34.2 Å². The van der Waals surface area contributed by atoms with Crippen molar-refractivity contribution in [1.82, 2.24) is 0 Å². The first-order chi connectivity index (χ1) is 9.37. The SMILES string of the molecule is CCOP(=O)(CS(=O)(=O)c1ccc(OC)cc1)OCC. The molecule has 6 nitrogen and oxygen atoms in total. The van der Waals surface area contributed by atoms with E-state index in [2.05, 4.69) is 0 Å². The van der Waals surface area contributed by atoms with E-state index in [9.17, 15) is 13.0 Å². The quantitative estimate of drug-likeness (QED) is 0.685. The fourth-order valence-corrected chi connectivity index (χ4v) is 5.84. The molecule has 114 valence electrons. The van der Waals surface area contributed by atoms with Crippen LogP contribution in [0.5, 0.6) is 5.75 Å². The molecule has 0 aliphatic carbocycles. The third-order valence-electron chi connectivity index (χ3n) is 2.40. The van der Waals surface area contributed by atoms with E-state index in [-0.39, 0.29) is 18.1 Å². The summed E-state index contributed by atoms with van der Waals surface area (Å²) in [5, 5.41) is 0. The van der Waals surface area contributed by atoms with Gasteiger partial charge in [0, 0.05) is 0 Å². The van der Waals surface area contributed by atoms with Gasteiger partial charge in [0.05, 0.1) is 25.2 Å². The first kappa shape index (κ1) is 17.2. The molecule has 0 unspecified atom stereocenters. The summed E-state index contributed by atoms with van der Waals surface area (Å²) in [5.74, 6) is 0.543. The lowest BCUT2D eigenvalue weighted by Crippen LogP contribution is -2.11. The minimum absolute atomic E-state index is 0.0536. The van der Waals surface area contributed by atoms with E-state index in [1.165, 1.54) is 31.4 Å². The fourth-order valence-electron chi connectivity index (χ4n) is 1.57. The molecule has 0 atom stereocenters. The molecule has 0 bridgehead atoms. The largest absolute Gasteiger partial charge is 0.497 e. The molecule has 0 aliphatic rings. The van der Waals surface area contributed by atoms with Crippen LogP contribution in [0.1, 0.15) is 13.8 Å². The molecule has 1 aromatic carbocycles. The van der Waals surface area contributed by atoms with Gasteiger partial charge in [-0.3, -0.25) is 4.57 Å². The third kappa shape index (κ3) is 4.59. The van der Waals surface area contributed by atoms with E-state index in [0.717, 1.165) is 0 Å². The summed E-state index contributed by atoms with van der Waals surface area (Å²) in [6.45, 7) is 3.50. The number of rotatable bonds is 8. The lowest BCUT2D eigenvalue weighted by atomic mass is 10.3. The highest BCUT2D eigenvalue weighted by Crippen LogP contribution is 2.50. The lowest BCUT2D eigenvalue weighted by Gasteiger charge is -2.17. The Morgan fingerprint density at radius 3 is 1.95 bits per heavy atom. The molecule has 0 heterocycles. The molecule has 0 aromatic heterocycles. The maximum Gasteiger partial charge on any atom is 0.346 e. The Labute approximate surface area is 119 Å². The van der Waals surface area contributed by atoms with Crippen molar-refractivity contribution in [3.05, 3.63) is 24.3 Å². The first-order valence-electron chi connectivity index (χ1n) is 6.12. The second-order valence-electron chi connectivity index (χ2n) is 3.87. The number of sulfone groups is 1. The van der Waals surface area contributed by atoms with E-state index < -0.39 is 22.9 Å². The summed E-state index contributed by atoms with van der Waals surface area (Å²) < 4.78 is 51.7. The number of benzene rings is 1. The van der Waals surface area contributed by atoms with Crippen molar-refractivity contribution < 1.29 is 26.8 Å². The minimum Gasteiger partial charge on any atom is -0.497 e. The van der Waals surface area contributed by atoms with Crippen LogP contribution in [0.2, 0.25) is 0 Å². The van der Waals surface area contributed by atoms with Gasteiger partial charge in [0.1, 0.15) is 5.75 Å². The monoisotopic (exact) mass is 322 g/mol. The highest BCUT2D eigenvalue weighted by molar-refractivity contribution is 7.97. The molecule has 0 radical (unpaired) electrons. The van der Waals surface area contributed by atoms with Gasteiger partial charge in [0.15, 0.2) is 15.3 Å². The second kappa shape index (κ2) is 7.22. The summed E-state index contributed by atoms with van der Waals surface area (Å²) >= 11 is 0. The summed E-state index contributed by atoms with van der Waals surface area (Å²) in [5.41, 5.74) is -0.673. The zero-order valence-electron chi connectivity index (χ0n) is 11.7. The van der Waals surface area contributed by atoms with Gasteiger partial charge in [-0.15, -0.1) is 0 Å². The Hall–Kier alpha value is -0.880. The topological polar surface area (TPSA) is 78.9 Å². The van der Waals surface area contributed by atoms with Crippen LogP contribution in [0, 0.1) is 0 Å².